The molecule has 1 aromatic carbocycles. The van der Waals surface area contributed by atoms with Gasteiger partial charge in [-0.05, 0) is 51.0 Å². The lowest BCUT2D eigenvalue weighted by molar-refractivity contribution is -0.141. The molecule has 0 N–H and O–H groups in total. The Morgan fingerprint density at radius 2 is 1.90 bits per heavy atom. The van der Waals surface area contributed by atoms with E-state index in [1.807, 2.05) is 0 Å². The van der Waals surface area contributed by atoms with Crippen LogP contribution in [0.15, 0.2) is 30.5 Å². The van der Waals surface area contributed by atoms with Crippen LogP contribution in [0.25, 0.3) is 5.69 Å². The van der Waals surface area contributed by atoms with Crippen molar-refractivity contribution in [1.29, 1.82) is 0 Å². The van der Waals surface area contributed by atoms with Crippen LogP contribution in [0.1, 0.15) is 36.5 Å². The number of fused-ring (bicyclic) bond motifs is 1. The molecule has 3 heterocycles. The van der Waals surface area contributed by atoms with Gasteiger partial charge >= 0.3 is 6.18 Å². The van der Waals surface area contributed by atoms with Gasteiger partial charge in [-0.3, -0.25) is 9.48 Å². The van der Waals surface area contributed by atoms with E-state index in [-0.39, 0.29) is 11.5 Å². The lowest BCUT2D eigenvalue weighted by Crippen LogP contribution is -2.40. The van der Waals surface area contributed by atoms with Crippen molar-refractivity contribution in [3.63, 3.8) is 0 Å². The molecule has 164 valence electrons. The van der Waals surface area contributed by atoms with Crippen LogP contribution in [0.5, 0.6) is 0 Å². The summed E-state index contributed by atoms with van der Waals surface area (Å²) in [5.41, 5.74) is 0.836. The molecule has 31 heavy (non-hydrogen) atoms. The molecule has 0 radical (unpaired) electrons. The van der Waals surface area contributed by atoms with Crippen molar-refractivity contribution in [1.82, 2.24) is 19.6 Å². The molecule has 4 rings (SSSR count). The summed E-state index contributed by atoms with van der Waals surface area (Å²) < 4.78 is 55.4. The highest BCUT2D eigenvalue weighted by Crippen LogP contribution is 2.37. The van der Waals surface area contributed by atoms with Crippen LogP contribution in [0.2, 0.25) is 5.02 Å². The topological polar surface area (TPSA) is 56.0 Å². The maximum Gasteiger partial charge on any atom is 0.436 e. The number of carbonyl (C=O) groups is 1. The summed E-state index contributed by atoms with van der Waals surface area (Å²) in [6, 6.07) is 4.80. The Hall–Kier alpha value is -2.88. The maximum atomic E-state index is 13.3. The number of hydrogen-bond donors (Lipinski definition) is 0. The molecule has 11 heteroatoms. The third-order valence-electron chi connectivity index (χ3n) is 5.34. The summed E-state index contributed by atoms with van der Waals surface area (Å²) in [7, 11) is 0. The molecule has 0 fully saturated rings. The molecular weight excluding hydrogens is 438 g/mol. The van der Waals surface area contributed by atoms with Crippen molar-refractivity contribution in [3.05, 3.63) is 58.4 Å². The molecule has 1 aliphatic heterocycles. The monoisotopic (exact) mass is 455 g/mol. The van der Waals surface area contributed by atoms with Crippen LogP contribution in [0.4, 0.5) is 23.2 Å². The van der Waals surface area contributed by atoms with Crippen molar-refractivity contribution in [2.45, 2.75) is 38.9 Å². The van der Waals surface area contributed by atoms with Crippen molar-refractivity contribution >= 4 is 23.2 Å². The van der Waals surface area contributed by atoms with Gasteiger partial charge < -0.3 is 4.90 Å². The third kappa shape index (κ3) is 3.69. The molecule has 1 unspecified atom stereocenters. The number of rotatable bonds is 3. The van der Waals surface area contributed by atoms with E-state index in [9.17, 15) is 22.4 Å². The molecule has 2 aromatic heterocycles. The molecule has 6 nitrogen and oxygen atoms in total. The van der Waals surface area contributed by atoms with Crippen LogP contribution in [-0.4, -0.2) is 32.0 Å². The van der Waals surface area contributed by atoms with Crippen LogP contribution < -0.4 is 4.90 Å². The average molecular weight is 456 g/mol. The van der Waals surface area contributed by atoms with Gasteiger partial charge in [0.15, 0.2) is 5.69 Å². The minimum Gasteiger partial charge on any atom is -0.307 e. The Labute approximate surface area is 180 Å². The van der Waals surface area contributed by atoms with Gasteiger partial charge in [0.1, 0.15) is 11.9 Å². The summed E-state index contributed by atoms with van der Waals surface area (Å²) in [4.78, 5) is 14.7. The van der Waals surface area contributed by atoms with Gasteiger partial charge in [-0.15, -0.1) is 0 Å². The molecule has 1 atom stereocenters. The van der Waals surface area contributed by atoms with E-state index in [4.69, 9.17) is 11.6 Å². The minimum absolute atomic E-state index is 0.0640. The Bertz CT molecular complexity index is 1140. The molecule has 1 amide bonds. The molecule has 0 saturated carbocycles. The van der Waals surface area contributed by atoms with Crippen LogP contribution in [0.3, 0.4) is 0 Å². The lowest BCUT2D eigenvalue weighted by Gasteiger charge is -2.30. The fourth-order valence-corrected chi connectivity index (χ4v) is 4.00. The molecule has 1 aliphatic rings. The van der Waals surface area contributed by atoms with Gasteiger partial charge in [0.25, 0.3) is 5.91 Å². The largest absolute Gasteiger partial charge is 0.436 e. The van der Waals surface area contributed by atoms with Crippen LogP contribution in [0, 0.1) is 12.7 Å². The van der Waals surface area contributed by atoms with Gasteiger partial charge in [-0.25, -0.2) is 9.07 Å². The second kappa shape index (κ2) is 7.67. The number of amides is 1. The summed E-state index contributed by atoms with van der Waals surface area (Å²) in [6.07, 6.45) is -1.89. The number of halogens is 5. The highest BCUT2D eigenvalue weighted by atomic mass is 35.5. The second-order valence-electron chi connectivity index (χ2n) is 7.32. The Morgan fingerprint density at radius 1 is 1.23 bits per heavy atom. The maximum absolute atomic E-state index is 13.3. The Balaban J connectivity index is 1.67. The van der Waals surface area contributed by atoms with Crippen LogP contribution >= 0.6 is 11.6 Å². The Kier molecular flexibility index (Phi) is 5.28. The van der Waals surface area contributed by atoms with Gasteiger partial charge in [-0.1, -0.05) is 11.6 Å². The number of anilines is 1. The predicted molar refractivity (Wildman–Crippen MR) is 106 cm³/mol. The minimum atomic E-state index is -4.72. The number of alkyl halides is 3. The number of nitrogens with zero attached hydrogens (tertiary/aromatic N) is 5. The van der Waals surface area contributed by atoms with E-state index in [0.29, 0.717) is 30.8 Å². The fourth-order valence-electron chi connectivity index (χ4n) is 3.77. The Morgan fingerprint density at radius 3 is 2.52 bits per heavy atom. The molecule has 0 spiro atoms. The normalized spacial score (nSPS) is 15.1. The molecule has 3 aromatic rings. The lowest BCUT2D eigenvalue weighted by atomic mass is 10.1. The van der Waals surface area contributed by atoms with Gasteiger partial charge in [0, 0.05) is 6.54 Å². The zero-order chi connectivity index (χ0) is 22.5. The van der Waals surface area contributed by atoms with Gasteiger partial charge in [0.2, 0.25) is 0 Å². The zero-order valence-corrected chi connectivity index (χ0v) is 17.4. The van der Waals surface area contributed by atoms with E-state index < -0.39 is 28.8 Å². The molecular formula is C20H18ClF4N5O. The SMILES string of the molecule is Cc1c(Cl)c(C(F)(F)F)nn1C(C)C(=O)N1CCCc2c1cnn2-c1ccc(F)cc1. The van der Waals surface area contributed by atoms with Gasteiger partial charge in [-0.2, -0.15) is 23.4 Å². The van der Waals surface area contributed by atoms with Crippen molar-refractivity contribution in [2.24, 2.45) is 0 Å². The van der Waals surface area contributed by atoms with E-state index in [0.717, 1.165) is 10.4 Å². The average Bonchev–Trinajstić information content (AvgIpc) is 3.29. The zero-order valence-electron chi connectivity index (χ0n) is 16.6. The standard InChI is InChI=1S/C20H18ClF4N5O/c1-11-17(21)18(20(23,24)25)27-29(11)12(2)19(31)28-9-3-4-15-16(28)10-26-30(15)14-7-5-13(22)6-8-14/h5-8,10,12H,3-4,9H2,1-2H3. The molecule has 0 bridgehead atoms. The fraction of sp³-hybridized carbons (Fsp3) is 0.350. The van der Waals surface area contributed by atoms with E-state index >= 15 is 0 Å². The summed E-state index contributed by atoms with van der Waals surface area (Å²) >= 11 is 5.83. The number of benzene rings is 1. The first-order valence-corrected chi connectivity index (χ1v) is 9.93. The summed E-state index contributed by atoms with van der Waals surface area (Å²) in [5.74, 6) is -0.794. The first-order chi connectivity index (χ1) is 14.6. The first-order valence-electron chi connectivity index (χ1n) is 9.55. The van der Waals surface area contributed by atoms with Crippen LogP contribution in [-0.2, 0) is 17.4 Å². The smallest absolute Gasteiger partial charge is 0.307 e. The highest BCUT2D eigenvalue weighted by molar-refractivity contribution is 6.32. The summed E-state index contributed by atoms with van der Waals surface area (Å²) in [6.45, 7) is 3.27. The van der Waals surface area contributed by atoms with Crippen molar-refractivity contribution in [3.8, 4) is 5.69 Å². The highest BCUT2D eigenvalue weighted by Gasteiger charge is 2.40. The quantitative estimate of drug-likeness (QED) is 0.536. The number of hydrogen-bond acceptors (Lipinski definition) is 3. The summed E-state index contributed by atoms with van der Waals surface area (Å²) in [5, 5.41) is 7.39. The van der Waals surface area contributed by atoms with E-state index in [2.05, 4.69) is 10.2 Å². The molecule has 0 aliphatic carbocycles. The molecule has 0 saturated heterocycles. The van der Waals surface area contributed by atoms with Gasteiger partial charge in [0.05, 0.1) is 34.0 Å². The first kappa shape index (κ1) is 21.4. The number of aromatic nitrogens is 4. The second-order valence-corrected chi connectivity index (χ2v) is 7.70. The number of carbonyl (C=O) groups excluding carboxylic acids is 1. The van der Waals surface area contributed by atoms with E-state index in [1.165, 1.54) is 37.1 Å². The van der Waals surface area contributed by atoms with Crippen molar-refractivity contribution < 1.29 is 22.4 Å². The van der Waals surface area contributed by atoms with Crippen molar-refractivity contribution in [2.75, 3.05) is 11.4 Å². The predicted octanol–water partition coefficient (Wildman–Crippen LogP) is 4.73. The van der Waals surface area contributed by atoms with E-state index in [1.54, 1.807) is 16.8 Å². The third-order valence-corrected chi connectivity index (χ3v) is 5.79.